The van der Waals surface area contributed by atoms with Crippen LogP contribution in [0, 0.1) is 0 Å². The molecule has 0 aliphatic carbocycles. The molecule has 3 N–H and O–H groups in total. The SMILES string of the molecule is CC/C=C\C/C=C\C/C=C\C/C=C\C/C=C\CCCC(=O)NC(COP(=O)(O)OCC[N+](C)(C)C)C(O)/C=C/CC/C=C/CCCCCCCCCCC. The number of hydrogen-bond donors (Lipinski definition) is 3. The largest absolute Gasteiger partial charge is 0.472 e. The maximum absolute atomic E-state index is 12.8. The fraction of sp³-hybridized carbons (Fsp3) is 0.667. The average Bonchev–Trinajstić information content (AvgIpc) is 3.12. The molecule has 0 saturated carbocycles. The first kappa shape index (κ1) is 51.7. The molecule has 0 saturated heterocycles. The fourth-order valence-electron chi connectivity index (χ4n) is 5.27. The quantitative estimate of drug-likeness (QED) is 0.0253. The molecule has 0 heterocycles. The molecule has 0 aromatic heterocycles. The molecule has 0 fully saturated rings. The van der Waals surface area contributed by atoms with Gasteiger partial charge in [-0.2, -0.15) is 0 Å². The van der Waals surface area contributed by atoms with E-state index in [-0.39, 0.29) is 25.5 Å². The predicted octanol–water partition coefficient (Wildman–Crippen LogP) is 11.4. The van der Waals surface area contributed by atoms with E-state index in [1.165, 1.54) is 57.8 Å². The minimum absolute atomic E-state index is 0.0409. The van der Waals surface area contributed by atoms with Crippen molar-refractivity contribution in [3.05, 3.63) is 85.1 Å². The zero-order valence-corrected chi connectivity index (χ0v) is 35.8. The number of phosphoric acid groups is 1. The molecule has 0 bridgehead atoms. The number of aliphatic hydroxyl groups excluding tert-OH is 1. The number of quaternary nitrogens is 1. The van der Waals surface area contributed by atoms with Crippen molar-refractivity contribution in [3.8, 4) is 0 Å². The van der Waals surface area contributed by atoms with Crippen LogP contribution < -0.4 is 5.32 Å². The van der Waals surface area contributed by atoms with Crippen molar-refractivity contribution in [2.24, 2.45) is 0 Å². The van der Waals surface area contributed by atoms with Crippen LogP contribution in [0.1, 0.15) is 142 Å². The first-order chi connectivity index (χ1) is 26.0. The van der Waals surface area contributed by atoms with Gasteiger partial charge in [0.25, 0.3) is 0 Å². The smallest absolute Gasteiger partial charge is 0.387 e. The Bertz CT molecular complexity index is 1150. The third-order valence-corrected chi connectivity index (χ3v) is 9.58. The van der Waals surface area contributed by atoms with Crippen LogP contribution in [0.5, 0.6) is 0 Å². The molecular weight excluding hydrogens is 695 g/mol. The lowest BCUT2D eigenvalue weighted by Gasteiger charge is -2.25. The molecule has 0 rings (SSSR count). The highest BCUT2D eigenvalue weighted by Gasteiger charge is 2.27. The third kappa shape index (κ3) is 38.0. The summed E-state index contributed by atoms with van der Waals surface area (Å²) < 4.78 is 23.5. The van der Waals surface area contributed by atoms with Crippen molar-refractivity contribution in [3.63, 3.8) is 0 Å². The highest BCUT2D eigenvalue weighted by molar-refractivity contribution is 7.47. The average molecular weight is 776 g/mol. The van der Waals surface area contributed by atoms with Gasteiger partial charge in [0.05, 0.1) is 39.9 Å². The summed E-state index contributed by atoms with van der Waals surface area (Å²) in [5.41, 5.74) is 0. The first-order valence-electron chi connectivity index (χ1n) is 21.0. The Balaban J connectivity index is 4.66. The van der Waals surface area contributed by atoms with Crippen molar-refractivity contribution in [2.45, 2.75) is 154 Å². The van der Waals surface area contributed by atoms with Crippen molar-refractivity contribution in [1.82, 2.24) is 5.32 Å². The predicted molar refractivity (Wildman–Crippen MR) is 230 cm³/mol. The summed E-state index contributed by atoms with van der Waals surface area (Å²) >= 11 is 0. The minimum Gasteiger partial charge on any atom is -0.387 e. The maximum atomic E-state index is 12.8. The number of carbonyl (C=O) groups excluding carboxylic acids is 1. The van der Waals surface area contributed by atoms with Crippen LogP contribution in [-0.2, 0) is 18.4 Å². The summed E-state index contributed by atoms with van der Waals surface area (Å²) in [6, 6.07) is -0.896. The number of aliphatic hydroxyl groups is 1. The van der Waals surface area contributed by atoms with Crippen LogP contribution in [0.15, 0.2) is 85.1 Å². The molecule has 0 aliphatic heterocycles. The van der Waals surface area contributed by atoms with Gasteiger partial charge in [-0.05, 0) is 70.6 Å². The second kappa shape index (κ2) is 36.3. The number of likely N-dealkylation sites (N-methyl/N-ethyl adjacent to an activating group) is 1. The summed E-state index contributed by atoms with van der Waals surface area (Å²) in [7, 11) is 1.50. The van der Waals surface area contributed by atoms with E-state index in [1.54, 1.807) is 6.08 Å². The van der Waals surface area contributed by atoms with Gasteiger partial charge in [0.2, 0.25) is 5.91 Å². The van der Waals surface area contributed by atoms with E-state index in [4.69, 9.17) is 9.05 Å². The summed E-state index contributed by atoms with van der Waals surface area (Å²) in [5, 5.41) is 13.7. The number of unbranched alkanes of at least 4 members (excludes halogenated alkanes) is 11. The van der Waals surface area contributed by atoms with E-state index in [0.717, 1.165) is 57.8 Å². The Morgan fingerprint density at radius 1 is 0.648 bits per heavy atom. The lowest BCUT2D eigenvalue weighted by Crippen LogP contribution is -2.45. The zero-order chi connectivity index (χ0) is 40.0. The van der Waals surface area contributed by atoms with Gasteiger partial charge in [-0.25, -0.2) is 4.57 Å². The molecule has 8 nitrogen and oxygen atoms in total. The summed E-state index contributed by atoms with van der Waals surface area (Å²) in [6.45, 7) is 4.60. The van der Waals surface area contributed by atoms with Gasteiger partial charge < -0.3 is 19.8 Å². The fourth-order valence-corrected chi connectivity index (χ4v) is 6.00. The van der Waals surface area contributed by atoms with Crippen LogP contribution in [-0.4, -0.2) is 73.4 Å². The number of nitrogens with zero attached hydrogens (tertiary/aromatic N) is 1. The number of rotatable bonds is 36. The second-order valence-electron chi connectivity index (χ2n) is 15.0. The van der Waals surface area contributed by atoms with E-state index in [0.29, 0.717) is 17.4 Å². The standard InChI is InChI=1S/C45H79N2O6P/c1-6-8-10-12-14-16-18-20-22-23-25-27-29-31-33-35-37-39-45(49)46-43(42-53-54(50,51)52-41-40-47(3,4)5)44(48)38-36-34-32-30-28-26-24-21-19-17-15-13-11-9-7-2/h8,10,14,16,20,22,25,27-28,30-31,33,36,38,43-44,48H,6-7,9,11-13,15,17-19,21,23-24,26,29,32,34-35,37,39-42H2,1-5H3,(H-,46,49,50,51)/p+1/b10-8-,16-14-,22-20-,27-25-,30-28+,33-31-,38-36+. The van der Waals surface area contributed by atoms with Gasteiger partial charge in [-0.15, -0.1) is 0 Å². The maximum Gasteiger partial charge on any atom is 0.472 e. The number of hydrogen-bond acceptors (Lipinski definition) is 5. The lowest BCUT2D eigenvalue weighted by atomic mass is 10.1. The van der Waals surface area contributed by atoms with Gasteiger partial charge in [-0.3, -0.25) is 13.8 Å². The van der Waals surface area contributed by atoms with Gasteiger partial charge in [0, 0.05) is 6.42 Å². The van der Waals surface area contributed by atoms with Crippen LogP contribution in [0.25, 0.3) is 0 Å². The van der Waals surface area contributed by atoms with Crippen LogP contribution in [0.2, 0.25) is 0 Å². The van der Waals surface area contributed by atoms with Crippen LogP contribution in [0.3, 0.4) is 0 Å². The molecule has 1 amide bonds. The number of amides is 1. The topological polar surface area (TPSA) is 105 Å². The van der Waals surface area contributed by atoms with Crippen molar-refractivity contribution in [2.75, 3.05) is 40.9 Å². The Morgan fingerprint density at radius 2 is 1.13 bits per heavy atom. The first-order valence-corrected chi connectivity index (χ1v) is 22.5. The Morgan fingerprint density at radius 3 is 1.70 bits per heavy atom. The van der Waals surface area contributed by atoms with Gasteiger partial charge >= 0.3 is 7.82 Å². The summed E-state index contributed by atoms with van der Waals surface area (Å²) in [4.78, 5) is 23.0. The van der Waals surface area contributed by atoms with Gasteiger partial charge in [-0.1, -0.05) is 150 Å². The normalized spacial score (nSPS) is 15.3. The Labute approximate surface area is 331 Å². The van der Waals surface area contributed by atoms with Crippen molar-refractivity contribution >= 4 is 13.7 Å². The summed E-state index contributed by atoms with van der Waals surface area (Å²) in [6.07, 6.45) is 49.5. The molecule has 0 radical (unpaired) electrons. The molecule has 9 heteroatoms. The van der Waals surface area contributed by atoms with E-state index in [1.807, 2.05) is 27.2 Å². The van der Waals surface area contributed by atoms with Crippen LogP contribution in [0.4, 0.5) is 0 Å². The van der Waals surface area contributed by atoms with Gasteiger partial charge in [0.1, 0.15) is 13.2 Å². The molecular formula is C45H80N2O6P+. The highest BCUT2D eigenvalue weighted by Crippen LogP contribution is 2.43. The van der Waals surface area contributed by atoms with Crippen molar-refractivity contribution < 1.29 is 32.9 Å². The molecule has 3 unspecified atom stereocenters. The third-order valence-electron chi connectivity index (χ3n) is 8.60. The molecule has 0 aromatic carbocycles. The monoisotopic (exact) mass is 776 g/mol. The molecule has 310 valence electrons. The number of phosphoric ester groups is 1. The van der Waals surface area contributed by atoms with E-state index in [9.17, 15) is 19.4 Å². The van der Waals surface area contributed by atoms with E-state index >= 15 is 0 Å². The van der Waals surface area contributed by atoms with E-state index in [2.05, 4.69) is 92.1 Å². The lowest BCUT2D eigenvalue weighted by molar-refractivity contribution is -0.870. The van der Waals surface area contributed by atoms with E-state index < -0.39 is 20.0 Å². The Hall–Kier alpha value is -2.32. The highest BCUT2D eigenvalue weighted by atomic mass is 31.2. The van der Waals surface area contributed by atoms with Crippen LogP contribution >= 0.6 is 7.82 Å². The Kier molecular flexibility index (Phi) is 34.8. The zero-order valence-electron chi connectivity index (χ0n) is 34.9. The van der Waals surface area contributed by atoms with Crippen molar-refractivity contribution in [1.29, 1.82) is 0 Å². The number of allylic oxidation sites excluding steroid dienone is 13. The molecule has 0 spiro atoms. The second-order valence-corrected chi connectivity index (χ2v) is 16.4. The summed E-state index contributed by atoms with van der Waals surface area (Å²) in [5.74, 6) is -0.249. The molecule has 0 aliphatic rings. The number of nitrogens with one attached hydrogen (secondary N) is 1. The minimum atomic E-state index is -4.36. The number of carbonyl (C=O) groups is 1. The molecule has 0 aromatic rings. The molecule has 3 atom stereocenters. The molecule has 54 heavy (non-hydrogen) atoms. The van der Waals surface area contributed by atoms with Gasteiger partial charge in [0.15, 0.2) is 0 Å².